The topological polar surface area (TPSA) is 88.7 Å². The average Bonchev–Trinajstić information content (AvgIpc) is 2.79. The third kappa shape index (κ3) is 5.99. The van der Waals surface area contributed by atoms with Crippen molar-refractivity contribution in [3.8, 4) is 11.5 Å². The standard InChI is InChI=1S/C23H25Cl2N3O4/c24-14-1-8-18(9-2-14)31-13-22(29)27-16-4-6-17(7-5-16)28-23(30)21-12-26-19-10-3-15(25)11-20(19)32-21/h1-3,8-11,16-17,21,26H,4-7,12-13H2,(H,27,29)(H,28,30)/t16-,17-,21?. The third-order valence-electron chi connectivity index (χ3n) is 5.61. The molecule has 0 saturated heterocycles. The number of amides is 2. The molecule has 1 heterocycles. The van der Waals surface area contributed by atoms with Gasteiger partial charge in [0, 0.05) is 28.2 Å². The Kier molecular flexibility index (Phi) is 7.27. The van der Waals surface area contributed by atoms with Gasteiger partial charge in [0.05, 0.1) is 12.2 Å². The molecule has 0 aromatic heterocycles. The number of nitrogens with one attached hydrogen (secondary N) is 3. The van der Waals surface area contributed by atoms with E-state index in [-0.39, 0.29) is 30.5 Å². The van der Waals surface area contributed by atoms with E-state index in [9.17, 15) is 9.59 Å². The first-order valence-electron chi connectivity index (χ1n) is 10.6. The van der Waals surface area contributed by atoms with Gasteiger partial charge in [-0.2, -0.15) is 0 Å². The molecule has 2 amide bonds. The Morgan fingerprint density at radius 1 is 0.969 bits per heavy atom. The van der Waals surface area contributed by atoms with Crippen LogP contribution in [0.4, 0.5) is 5.69 Å². The molecule has 4 rings (SSSR count). The molecule has 1 atom stereocenters. The van der Waals surface area contributed by atoms with Crippen molar-refractivity contribution in [2.24, 2.45) is 0 Å². The second-order valence-electron chi connectivity index (χ2n) is 8.00. The molecule has 32 heavy (non-hydrogen) atoms. The van der Waals surface area contributed by atoms with Gasteiger partial charge in [0.25, 0.3) is 11.8 Å². The summed E-state index contributed by atoms with van der Waals surface area (Å²) in [7, 11) is 0. The third-order valence-corrected chi connectivity index (χ3v) is 6.09. The van der Waals surface area contributed by atoms with Gasteiger partial charge in [-0.25, -0.2) is 0 Å². The summed E-state index contributed by atoms with van der Waals surface area (Å²) in [5.74, 6) is 0.870. The van der Waals surface area contributed by atoms with Crippen molar-refractivity contribution in [2.75, 3.05) is 18.5 Å². The molecular formula is C23H25Cl2N3O4. The predicted octanol–water partition coefficient (Wildman–Crippen LogP) is 3.79. The van der Waals surface area contributed by atoms with E-state index in [1.165, 1.54) is 0 Å². The predicted molar refractivity (Wildman–Crippen MR) is 124 cm³/mol. The maximum atomic E-state index is 12.7. The van der Waals surface area contributed by atoms with Gasteiger partial charge in [-0.05, 0) is 62.1 Å². The lowest BCUT2D eigenvalue weighted by Crippen LogP contribution is -2.50. The first kappa shape index (κ1) is 22.6. The summed E-state index contributed by atoms with van der Waals surface area (Å²) in [6, 6.07) is 12.3. The molecule has 1 unspecified atom stereocenters. The minimum atomic E-state index is -0.608. The van der Waals surface area contributed by atoms with Gasteiger partial charge >= 0.3 is 0 Å². The number of fused-ring (bicyclic) bond motifs is 1. The van der Waals surface area contributed by atoms with Gasteiger partial charge in [-0.3, -0.25) is 9.59 Å². The molecule has 2 aromatic carbocycles. The van der Waals surface area contributed by atoms with E-state index in [4.69, 9.17) is 32.7 Å². The molecule has 170 valence electrons. The first-order chi connectivity index (χ1) is 15.5. The fourth-order valence-corrected chi connectivity index (χ4v) is 4.20. The van der Waals surface area contributed by atoms with Crippen LogP contribution in [0.25, 0.3) is 0 Å². The van der Waals surface area contributed by atoms with Crippen molar-refractivity contribution >= 4 is 40.7 Å². The SMILES string of the molecule is O=C(COc1ccc(Cl)cc1)N[C@H]1CC[C@H](NC(=O)C2CNc3ccc(Cl)cc3O2)CC1. The Balaban J connectivity index is 1.17. The Bertz CT molecular complexity index is 962. The molecule has 2 aliphatic rings. The van der Waals surface area contributed by atoms with Crippen LogP contribution < -0.4 is 25.4 Å². The van der Waals surface area contributed by atoms with E-state index in [1.54, 1.807) is 36.4 Å². The average molecular weight is 478 g/mol. The van der Waals surface area contributed by atoms with Crippen LogP contribution in [0.1, 0.15) is 25.7 Å². The lowest BCUT2D eigenvalue weighted by molar-refractivity contribution is -0.129. The van der Waals surface area contributed by atoms with Gasteiger partial charge in [0.2, 0.25) is 0 Å². The van der Waals surface area contributed by atoms with Gasteiger partial charge in [0.15, 0.2) is 12.7 Å². The van der Waals surface area contributed by atoms with Crippen LogP contribution in [0, 0.1) is 0 Å². The molecule has 1 saturated carbocycles. The van der Waals surface area contributed by atoms with Crippen LogP contribution in [-0.2, 0) is 9.59 Å². The maximum absolute atomic E-state index is 12.7. The van der Waals surface area contributed by atoms with E-state index in [0.29, 0.717) is 28.1 Å². The summed E-state index contributed by atoms with van der Waals surface area (Å²) in [4.78, 5) is 24.8. The molecule has 0 radical (unpaired) electrons. The number of rotatable bonds is 6. The Hall–Kier alpha value is -2.64. The molecule has 2 aromatic rings. The largest absolute Gasteiger partial charge is 0.484 e. The van der Waals surface area contributed by atoms with E-state index >= 15 is 0 Å². The number of hydrogen-bond acceptors (Lipinski definition) is 5. The normalized spacial score (nSPS) is 22.0. The molecule has 1 aliphatic heterocycles. The highest BCUT2D eigenvalue weighted by Crippen LogP contribution is 2.32. The summed E-state index contributed by atoms with van der Waals surface area (Å²) >= 11 is 11.9. The molecule has 9 heteroatoms. The molecule has 0 bridgehead atoms. The van der Waals surface area contributed by atoms with Crippen molar-refractivity contribution in [1.29, 1.82) is 0 Å². The van der Waals surface area contributed by atoms with Crippen molar-refractivity contribution < 1.29 is 19.1 Å². The van der Waals surface area contributed by atoms with Gasteiger partial charge in [-0.15, -0.1) is 0 Å². The second-order valence-corrected chi connectivity index (χ2v) is 8.87. The summed E-state index contributed by atoms with van der Waals surface area (Å²) < 4.78 is 11.3. The van der Waals surface area contributed by atoms with Crippen LogP contribution in [-0.4, -0.2) is 43.2 Å². The highest BCUT2D eigenvalue weighted by molar-refractivity contribution is 6.31. The fraction of sp³-hybridized carbons (Fsp3) is 0.391. The summed E-state index contributed by atoms with van der Waals surface area (Å²) in [5, 5.41) is 10.5. The van der Waals surface area contributed by atoms with E-state index < -0.39 is 6.10 Å². The number of ether oxygens (including phenoxy) is 2. The van der Waals surface area contributed by atoms with Crippen LogP contribution in [0.3, 0.4) is 0 Å². The minimum absolute atomic E-state index is 0.0458. The molecule has 7 nitrogen and oxygen atoms in total. The summed E-state index contributed by atoms with van der Waals surface area (Å²) in [6.45, 7) is 0.356. The highest BCUT2D eigenvalue weighted by Gasteiger charge is 2.29. The van der Waals surface area contributed by atoms with E-state index in [0.717, 1.165) is 31.4 Å². The van der Waals surface area contributed by atoms with Crippen LogP contribution >= 0.6 is 23.2 Å². The Morgan fingerprint density at radius 3 is 2.34 bits per heavy atom. The zero-order valence-corrected chi connectivity index (χ0v) is 18.9. The number of hydrogen-bond donors (Lipinski definition) is 3. The van der Waals surface area contributed by atoms with Crippen LogP contribution in [0.5, 0.6) is 11.5 Å². The van der Waals surface area contributed by atoms with Crippen molar-refractivity contribution in [2.45, 2.75) is 43.9 Å². The minimum Gasteiger partial charge on any atom is -0.484 e. The summed E-state index contributed by atoms with van der Waals surface area (Å²) in [5.41, 5.74) is 0.828. The molecule has 1 fully saturated rings. The van der Waals surface area contributed by atoms with E-state index in [2.05, 4.69) is 16.0 Å². The monoisotopic (exact) mass is 477 g/mol. The number of anilines is 1. The molecule has 3 N–H and O–H groups in total. The zero-order valence-electron chi connectivity index (χ0n) is 17.4. The van der Waals surface area contributed by atoms with Crippen LogP contribution in [0.2, 0.25) is 10.0 Å². The fourth-order valence-electron chi connectivity index (χ4n) is 3.91. The Morgan fingerprint density at radius 2 is 1.62 bits per heavy atom. The van der Waals surface area contributed by atoms with Gasteiger partial charge < -0.3 is 25.4 Å². The second kappa shape index (κ2) is 10.3. The molecular weight excluding hydrogens is 453 g/mol. The van der Waals surface area contributed by atoms with E-state index in [1.807, 2.05) is 6.07 Å². The number of carbonyl (C=O) groups is 2. The van der Waals surface area contributed by atoms with Crippen molar-refractivity contribution in [1.82, 2.24) is 10.6 Å². The highest BCUT2D eigenvalue weighted by atomic mass is 35.5. The molecule has 0 spiro atoms. The lowest BCUT2D eigenvalue weighted by atomic mass is 9.91. The number of carbonyl (C=O) groups excluding carboxylic acids is 2. The van der Waals surface area contributed by atoms with Crippen LogP contribution in [0.15, 0.2) is 42.5 Å². The number of halogens is 2. The first-order valence-corrected chi connectivity index (χ1v) is 11.4. The number of benzene rings is 2. The van der Waals surface area contributed by atoms with Crippen molar-refractivity contribution in [3.05, 3.63) is 52.5 Å². The molecule has 1 aliphatic carbocycles. The van der Waals surface area contributed by atoms with Crippen molar-refractivity contribution in [3.63, 3.8) is 0 Å². The quantitative estimate of drug-likeness (QED) is 0.588. The lowest BCUT2D eigenvalue weighted by Gasteiger charge is -2.32. The maximum Gasteiger partial charge on any atom is 0.263 e. The van der Waals surface area contributed by atoms with Gasteiger partial charge in [-0.1, -0.05) is 23.2 Å². The Labute approximate surface area is 196 Å². The zero-order chi connectivity index (χ0) is 22.5. The summed E-state index contributed by atoms with van der Waals surface area (Å²) in [6.07, 6.45) is 2.55. The van der Waals surface area contributed by atoms with Gasteiger partial charge in [0.1, 0.15) is 11.5 Å². The smallest absolute Gasteiger partial charge is 0.263 e.